The molecule has 6 fully saturated rings. The normalized spacial score (nSPS) is 30.2. The molecule has 14 heteroatoms. The van der Waals surface area contributed by atoms with E-state index in [0.717, 1.165) is 40.4 Å². The van der Waals surface area contributed by atoms with Crippen molar-refractivity contribution in [1.82, 2.24) is 15.3 Å². The second-order valence-electron chi connectivity index (χ2n) is 17.4. The second-order valence-corrected chi connectivity index (χ2v) is 18.5. The van der Waals surface area contributed by atoms with Crippen molar-refractivity contribution in [3.05, 3.63) is 69.3 Å². The topological polar surface area (TPSA) is 153 Å². The van der Waals surface area contributed by atoms with Crippen LogP contribution in [0.15, 0.2) is 54.6 Å². The highest BCUT2D eigenvalue weighted by Gasteiger charge is 2.78. The number of carbonyl (C=O) groups excluding carboxylic acids is 4. The molecule has 0 radical (unpaired) electrons. The minimum atomic E-state index is -1.47. The molecule has 6 aliphatic rings. The van der Waals surface area contributed by atoms with Crippen molar-refractivity contribution in [2.75, 3.05) is 13.7 Å². The van der Waals surface area contributed by atoms with Gasteiger partial charge in [-0.2, -0.15) is 5.06 Å². The number of amides is 2. The van der Waals surface area contributed by atoms with Crippen LogP contribution in [0.25, 0.3) is 0 Å². The smallest absolute Gasteiger partial charge is 0.327 e. The van der Waals surface area contributed by atoms with Crippen LogP contribution in [0.3, 0.4) is 0 Å². The first-order valence-electron chi connectivity index (χ1n) is 19.9. The number of halogens is 1. The van der Waals surface area contributed by atoms with E-state index >= 15 is 4.79 Å². The number of aliphatic hydroxyl groups excluding tert-OH is 1. The van der Waals surface area contributed by atoms with E-state index in [1.807, 2.05) is 54.6 Å². The number of hydrogen-bond acceptors (Lipinski definition) is 11. The van der Waals surface area contributed by atoms with Crippen molar-refractivity contribution < 1.29 is 48.1 Å². The number of benzene rings is 2. The van der Waals surface area contributed by atoms with Gasteiger partial charge >= 0.3 is 11.9 Å². The average molecular weight is 886 g/mol. The van der Waals surface area contributed by atoms with Crippen LogP contribution in [0.1, 0.15) is 76.8 Å². The van der Waals surface area contributed by atoms with Gasteiger partial charge in [0.25, 0.3) is 0 Å². The molecule has 2 aromatic rings. The molecule has 56 heavy (non-hydrogen) atoms. The van der Waals surface area contributed by atoms with Crippen molar-refractivity contribution in [2.45, 2.75) is 133 Å². The van der Waals surface area contributed by atoms with Gasteiger partial charge in [0.15, 0.2) is 11.8 Å². The van der Waals surface area contributed by atoms with Gasteiger partial charge in [-0.15, -0.1) is 0 Å². The van der Waals surface area contributed by atoms with E-state index in [1.165, 1.54) is 4.90 Å². The number of nitrogens with zero attached hydrogens (tertiary/aromatic N) is 2. The Morgan fingerprint density at radius 3 is 2.32 bits per heavy atom. The van der Waals surface area contributed by atoms with Crippen LogP contribution < -0.4 is 5.32 Å². The zero-order valence-corrected chi connectivity index (χ0v) is 34.5. The molecule has 3 aliphatic carbocycles. The Balaban J connectivity index is 1.13. The SMILES string of the molecule is CN(C(=O)[C@@]12C[C@H]3OC(=O)[C@@H]1N(Cc1ccccc1I)O[C@@H]2[C@H]1OC(C2CC2)(C2CC2)O[C@H]13)[C@H](Cc1ccccc1)C(=O)N[C@H](CO)CCC(=O)OC(C)(C)C. The molecule has 2 N–H and O–H groups in total. The zero-order valence-electron chi connectivity index (χ0n) is 32.4. The lowest BCUT2D eigenvalue weighted by Gasteiger charge is -2.50. The summed E-state index contributed by atoms with van der Waals surface area (Å²) in [6.45, 7) is 5.13. The molecule has 3 saturated carbocycles. The number of ether oxygens (including phenoxy) is 4. The molecule has 302 valence electrons. The maximum absolute atomic E-state index is 15.6. The lowest BCUT2D eigenvalue weighted by Crippen LogP contribution is -2.70. The monoisotopic (exact) mass is 885 g/mol. The van der Waals surface area contributed by atoms with Gasteiger partial charge in [0.2, 0.25) is 11.8 Å². The summed E-state index contributed by atoms with van der Waals surface area (Å²) in [7, 11) is 1.59. The molecule has 3 saturated heterocycles. The van der Waals surface area contributed by atoms with Crippen LogP contribution in [-0.4, -0.2) is 106 Å². The van der Waals surface area contributed by atoms with Gasteiger partial charge in [-0.3, -0.25) is 24.0 Å². The fraction of sp³-hybridized carbons (Fsp3) is 0.619. The van der Waals surface area contributed by atoms with Gasteiger partial charge in [0, 0.05) is 41.7 Å². The van der Waals surface area contributed by atoms with E-state index in [0.29, 0.717) is 0 Å². The summed E-state index contributed by atoms with van der Waals surface area (Å²) < 4.78 is 26.6. The fourth-order valence-corrected chi connectivity index (χ4v) is 9.90. The number of likely N-dealkylation sites (N-methyl/N-ethyl adjacent to an activating group) is 1. The maximum Gasteiger partial charge on any atom is 0.327 e. The van der Waals surface area contributed by atoms with E-state index in [-0.39, 0.29) is 44.1 Å². The Kier molecular flexibility index (Phi) is 10.8. The van der Waals surface area contributed by atoms with Crippen LogP contribution in [0, 0.1) is 20.8 Å². The summed E-state index contributed by atoms with van der Waals surface area (Å²) in [4.78, 5) is 65.2. The van der Waals surface area contributed by atoms with Gasteiger partial charge in [-0.25, -0.2) is 0 Å². The summed E-state index contributed by atoms with van der Waals surface area (Å²) in [6.07, 6.45) is 1.45. The molecular weight excluding hydrogens is 833 g/mol. The molecule has 0 spiro atoms. The maximum atomic E-state index is 15.6. The number of aliphatic hydroxyl groups is 1. The second kappa shape index (κ2) is 15.2. The van der Waals surface area contributed by atoms with Crippen LogP contribution in [0.5, 0.6) is 0 Å². The number of hydrogen-bond donors (Lipinski definition) is 2. The third-order valence-corrected chi connectivity index (χ3v) is 13.3. The van der Waals surface area contributed by atoms with Crippen LogP contribution >= 0.6 is 22.6 Å². The molecule has 8 rings (SSSR count). The molecule has 3 aliphatic heterocycles. The van der Waals surface area contributed by atoms with Crippen molar-refractivity contribution in [3.63, 3.8) is 0 Å². The lowest BCUT2D eigenvalue weighted by molar-refractivity contribution is -0.235. The Morgan fingerprint density at radius 1 is 1.02 bits per heavy atom. The summed E-state index contributed by atoms with van der Waals surface area (Å²) in [5, 5.41) is 14.8. The van der Waals surface area contributed by atoms with Crippen molar-refractivity contribution in [3.8, 4) is 0 Å². The first-order chi connectivity index (χ1) is 26.7. The van der Waals surface area contributed by atoms with Crippen LogP contribution in [-0.2, 0) is 55.9 Å². The minimum absolute atomic E-state index is 0.0156. The summed E-state index contributed by atoms with van der Waals surface area (Å²) in [5.41, 5.74) is -0.404. The minimum Gasteiger partial charge on any atom is -0.460 e. The molecule has 2 amide bonds. The fourth-order valence-electron chi connectivity index (χ4n) is 9.34. The van der Waals surface area contributed by atoms with Gasteiger partial charge in [0.05, 0.1) is 19.2 Å². The Labute approximate surface area is 341 Å². The van der Waals surface area contributed by atoms with E-state index in [4.69, 9.17) is 23.8 Å². The predicted molar refractivity (Wildman–Crippen MR) is 209 cm³/mol. The van der Waals surface area contributed by atoms with Crippen molar-refractivity contribution in [1.29, 1.82) is 0 Å². The number of esters is 2. The van der Waals surface area contributed by atoms with E-state index < -0.39 is 89.7 Å². The van der Waals surface area contributed by atoms with E-state index in [1.54, 1.807) is 32.9 Å². The standard InChI is InChI=1S/C42H52IN3O10/c1-40(2,3)53-32(48)19-18-28(23-47)44-37(49)30(20-24-10-6-5-7-11-24)45(4)39(51)41-21-31-33-34(55-42(54-33,26-14-15-26)27-16-17-27)36(41)56-46(35(41)38(50)52-31)22-25-12-8-9-13-29(25)43/h5-13,26-28,30-31,33-36,47H,14-23H2,1-4H3,(H,44,49)/t28-,30+,31+,33-,34-,35-,36+,41-/m0/s1. The average Bonchev–Trinajstić information content (AvgIpc) is 4.11. The summed E-state index contributed by atoms with van der Waals surface area (Å²) in [6, 6.07) is 14.3. The molecule has 3 heterocycles. The van der Waals surface area contributed by atoms with Gasteiger partial charge in [-0.1, -0.05) is 48.5 Å². The van der Waals surface area contributed by atoms with Crippen molar-refractivity contribution >= 4 is 46.3 Å². The molecule has 0 aromatic heterocycles. The van der Waals surface area contributed by atoms with Gasteiger partial charge in [0.1, 0.15) is 41.5 Å². The van der Waals surface area contributed by atoms with Crippen LogP contribution in [0.2, 0.25) is 0 Å². The molecule has 0 unspecified atom stereocenters. The first kappa shape index (κ1) is 39.7. The predicted octanol–water partition coefficient (Wildman–Crippen LogP) is 4.06. The highest BCUT2D eigenvalue weighted by molar-refractivity contribution is 14.1. The van der Waals surface area contributed by atoms with E-state index in [9.17, 15) is 19.5 Å². The molecule has 13 nitrogen and oxygen atoms in total. The number of nitrogens with one attached hydrogen (secondary N) is 1. The zero-order chi connectivity index (χ0) is 39.6. The third-order valence-electron chi connectivity index (χ3n) is 12.2. The van der Waals surface area contributed by atoms with Crippen molar-refractivity contribution in [2.24, 2.45) is 17.3 Å². The third kappa shape index (κ3) is 7.38. The molecule has 2 aromatic carbocycles. The lowest BCUT2D eigenvalue weighted by atomic mass is 9.62. The van der Waals surface area contributed by atoms with Crippen LogP contribution in [0.4, 0.5) is 0 Å². The molecule has 2 bridgehead atoms. The highest BCUT2D eigenvalue weighted by Crippen LogP contribution is 2.64. The van der Waals surface area contributed by atoms with Gasteiger partial charge in [-0.05, 0) is 92.7 Å². The highest BCUT2D eigenvalue weighted by atomic mass is 127. The Morgan fingerprint density at radius 2 is 1.68 bits per heavy atom. The number of rotatable bonds is 14. The quantitative estimate of drug-likeness (QED) is 0.209. The number of carbonyl (C=O) groups is 4. The van der Waals surface area contributed by atoms with Gasteiger partial charge < -0.3 is 34.3 Å². The largest absolute Gasteiger partial charge is 0.460 e. The number of fused-ring (bicyclic) bond motifs is 4. The number of hydroxylamine groups is 2. The Hall–Kier alpha value is -3.15. The summed E-state index contributed by atoms with van der Waals surface area (Å²) >= 11 is 2.25. The Bertz CT molecular complexity index is 1820. The van der Waals surface area contributed by atoms with E-state index in [2.05, 4.69) is 27.9 Å². The molecule has 8 atom stereocenters. The summed E-state index contributed by atoms with van der Waals surface area (Å²) in [5.74, 6) is -2.27. The first-order valence-corrected chi connectivity index (χ1v) is 21.0. The molecular formula is C42H52IN3O10.